The molecule has 0 aromatic rings. The van der Waals surface area contributed by atoms with Crippen LogP contribution in [0.4, 0.5) is 0 Å². The van der Waals surface area contributed by atoms with Gasteiger partial charge in [0.1, 0.15) is 0 Å². The molecule has 0 amide bonds. The van der Waals surface area contributed by atoms with Crippen molar-refractivity contribution in [2.75, 3.05) is 13.2 Å². The minimum absolute atomic E-state index is 0.241. The van der Waals surface area contributed by atoms with Crippen molar-refractivity contribution in [3.05, 3.63) is 0 Å². The van der Waals surface area contributed by atoms with Gasteiger partial charge in [-0.2, -0.15) is 0 Å². The van der Waals surface area contributed by atoms with Crippen molar-refractivity contribution in [2.45, 2.75) is 21.8 Å². The van der Waals surface area contributed by atoms with Gasteiger partial charge in [-0.1, -0.05) is 0 Å². The molecular formula is C6H14O3Te2. The molecule has 5 heteroatoms. The van der Waals surface area contributed by atoms with Crippen molar-refractivity contribution in [1.29, 1.82) is 0 Å². The molecule has 0 saturated heterocycles. The van der Waals surface area contributed by atoms with Gasteiger partial charge in [0, 0.05) is 0 Å². The van der Waals surface area contributed by atoms with E-state index in [0.717, 1.165) is 21.8 Å². The average molecular weight is 389 g/mol. The molecule has 0 atom stereocenters. The second-order valence-corrected chi connectivity index (χ2v) is 8.54. The molecule has 0 aliphatic rings. The summed E-state index contributed by atoms with van der Waals surface area (Å²) < 4.78 is 7.65. The molecule has 0 aliphatic heterocycles. The summed E-state index contributed by atoms with van der Waals surface area (Å²) in [6.07, 6.45) is 1.80. The Balaban J connectivity index is 2.69. The van der Waals surface area contributed by atoms with Crippen molar-refractivity contribution in [3.63, 3.8) is 0 Å². The van der Waals surface area contributed by atoms with Crippen LogP contribution in [0.2, 0.25) is 8.94 Å². The SMILES string of the molecule is OCCC[Te]O[Te]CCCO. The van der Waals surface area contributed by atoms with Crippen LogP contribution in [0.3, 0.4) is 0 Å². The summed E-state index contributed by atoms with van der Waals surface area (Å²) in [6.45, 7) is 0.594. The Labute approximate surface area is 88.8 Å². The van der Waals surface area contributed by atoms with E-state index < -0.39 is 0 Å². The molecule has 68 valence electrons. The van der Waals surface area contributed by atoms with E-state index in [1.54, 1.807) is 0 Å². The van der Waals surface area contributed by atoms with Crippen LogP contribution in [0.15, 0.2) is 0 Å². The standard InChI is InChI=1S/C6H14O3Te2/c7-3-1-5-10-9-11-6-2-4-8/h7-8H,1-6H2. The molecule has 0 unspecified atom stereocenters. The molecule has 0 spiro atoms. The Kier molecular flexibility index (Phi) is 13.0. The maximum atomic E-state index is 8.45. The Hall–Kier alpha value is 1.46. The molecule has 0 aromatic heterocycles. The third kappa shape index (κ3) is 11.5. The second-order valence-electron chi connectivity index (χ2n) is 1.87. The van der Waals surface area contributed by atoms with Gasteiger partial charge in [0.05, 0.1) is 0 Å². The predicted octanol–water partition coefficient (Wildman–Crippen LogP) is -0.157. The Bertz CT molecular complexity index is 64.8. The first-order valence-corrected chi connectivity index (χ1v) is 8.74. The van der Waals surface area contributed by atoms with Gasteiger partial charge in [-0.05, 0) is 0 Å². The molecule has 0 aliphatic carbocycles. The summed E-state index contributed by atoms with van der Waals surface area (Å²) in [5, 5.41) is 16.9. The van der Waals surface area contributed by atoms with Gasteiger partial charge in [-0.25, -0.2) is 0 Å². The molecule has 0 rings (SSSR count). The van der Waals surface area contributed by atoms with Crippen molar-refractivity contribution in [3.8, 4) is 0 Å². The van der Waals surface area contributed by atoms with Crippen molar-refractivity contribution < 1.29 is 11.7 Å². The van der Waals surface area contributed by atoms with E-state index in [0.29, 0.717) is 13.2 Å². The zero-order valence-electron chi connectivity index (χ0n) is 6.36. The van der Waals surface area contributed by atoms with Crippen LogP contribution < -0.4 is 0 Å². The van der Waals surface area contributed by atoms with E-state index in [1.807, 2.05) is 0 Å². The molecule has 0 heterocycles. The minimum atomic E-state index is -0.241. The monoisotopic (exact) mass is 394 g/mol. The zero-order valence-corrected chi connectivity index (χ0v) is 11.0. The van der Waals surface area contributed by atoms with Crippen LogP contribution >= 0.6 is 0 Å². The molecule has 0 bridgehead atoms. The quantitative estimate of drug-likeness (QED) is 0.448. The van der Waals surface area contributed by atoms with Gasteiger partial charge >= 0.3 is 89.3 Å². The number of aliphatic hydroxyl groups excluding tert-OH is 2. The van der Waals surface area contributed by atoms with Crippen molar-refractivity contribution in [2.24, 2.45) is 0 Å². The number of hydrogen-bond acceptors (Lipinski definition) is 3. The Morgan fingerprint density at radius 2 is 1.36 bits per heavy atom. The van der Waals surface area contributed by atoms with Crippen LogP contribution in [-0.4, -0.2) is 66.1 Å². The first-order valence-electron chi connectivity index (χ1n) is 3.54. The first-order chi connectivity index (χ1) is 5.41. The summed E-state index contributed by atoms with van der Waals surface area (Å²) in [6, 6.07) is 0. The number of hydrogen-bond donors (Lipinski definition) is 2. The van der Waals surface area contributed by atoms with E-state index in [4.69, 9.17) is 11.7 Å². The van der Waals surface area contributed by atoms with E-state index >= 15 is 0 Å². The van der Waals surface area contributed by atoms with E-state index in [2.05, 4.69) is 0 Å². The molecule has 2 N–H and O–H groups in total. The molecular weight excluding hydrogens is 375 g/mol. The third-order valence-electron chi connectivity index (χ3n) is 0.868. The molecule has 0 aromatic carbocycles. The van der Waals surface area contributed by atoms with Crippen LogP contribution in [0, 0.1) is 0 Å². The summed E-state index contributed by atoms with van der Waals surface area (Å²) in [5.74, 6) is 0. The van der Waals surface area contributed by atoms with Gasteiger partial charge in [0.15, 0.2) is 0 Å². The predicted molar refractivity (Wildman–Crippen MR) is 45.6 cm³/mol. The Morgan fingerprint density at radius 1 is 0.909 bits per heavy atom. The molecule has 3 nitrogen and oxygen atoms in total. The average Bonchev–Trinajstić information content (AvgIpc) is 2.03. The van der Waals surface area contributed by atoms with Crippen LogP contribution in [-0.2, 0) is 1.47 Å². The van der Waals surface area contributed by atoms with Gasteiger partial charge < -0.3 is 0 Å². The number of rotatable bonds is 8. The van der Waals surface area contributed by atoms with Crippen LogP contribution in [0.1, 0.15) is 12.8 Å². The summed E-state index contributed by atoms with van der Waals surface area (Å²) in [5.41, 5.74) is 0. The fourth-order valence-corrected chi connectivity index (χ4v) is 6.25. The molecule has 11 heavy (non-hydrogen) atoms. The summed E-state index contributed by atoms with van der Waals surface area (Å²) in [7, 11) is 0. The van der Waals surface area contributed by atoms with Crippen molar-refractivity contribution in [1.82, 2.24) is 0 Å². The van der Waals surface area contributed by atoms with E-state index in [1.165, 1.54) is 0 Å². The fourth-order valence-electron chi connectivity index (χ4n) is 0.349. The fraction of sp³-hybridized carbons (Fsp3) is 1.00. The zero-order chi connectivity index (χ0) is 8.36. The van der Waals surface area contributed by atoms with Gasteiger partial charge in [0.25, 0.3) is 0 Å². The van der Waals surface area contributed by atoms with Crippen LogP contribution in [0.5, 0.6) is 0 Å². The van der Waals surface area contributed by atoms with Gasteiger partial charge in [-0.3, -0.25) is 0 Å². The normalized spacial score (nSPS) is 10.4. The topological polar surface area (TPSA) is 49.7 Å². The van der Waals surface area contributed by atoms with E-state index in [-0.39, 0.29) is 42.7 Å². The summed E-state index contributed by atoms with van der Waals surface area (Å²) >= 11 is -0.483. The van der Waals surface area contributed by atoms with Gasteiger partial charge in [-0.15, -0.1) is 0 Å². The molecule has 0 fully saturated rings. The third-order valence-corrected chi connectivity index (χ3v) is 7.70. The van der Waals surface area contributed by atoms with E-state index in [9.17, 15) is 0 Å². The van der Waals surface area contributed by atoms with Crippen LogP contribution in [0.25, 0.3) is 0 Å². The summed E-state index contributed by atoms with van der Waals surface area (Å²) in [4.78, 5) is 0. The van der Waals surface area contributed by atoms with Crippen molar-refractivity contribution >= 4 is 42.7 Å². The van der Waals surface area contributed by atoms with Gasteiger partial charge in [0.2, 0.25) is 0 Å². The second kappa shape index (κ2) is 11.5. The first kappa shape index (κ1) is 12.5. The molecule has 0 saturated carbocycles. The maximum absolute atomic E-state index is 8.45. The Morgan fingerprint density at radius 3 is 1.73 bits per heavy atom. The molecule has 0 radical (unpaired) electrons. The number of aliphatic hydroxyl groups is 2.